The molecule has 0 saturated heterocycles. The molecule has 0 aliphatic carbocycles. The molecule has 106 valence electrons. The van der Waals surface area contributed by atoms with Crippen molar-refractivity contribution < 1.29 is 5.11 Å². The molecule has 2 N–H and O–H groups in total. The minimum absolute atomic E-state index is 0.362. The number of phenols is 1. The van der Waals surface area contributed by atoms with Gasteiger partial charge in [0.2, 0.25) is 0 Å². The molecule has 0 unspecified atom stereocenters. The van der Waals surface area contributed by atoms with Crippen molar-refractivity contribution in [1.82, 2.24) is 4.98 Å². The van der Waals surface area contributed by atoms with Crippen LogP contribution in [0.15, 0.2) is 54.0 Å². The maximum absolute atomic E-state index is 10.0. The van der Waals surface area contributed by atoms with Crippen molar-refractivity contribution in [3.8, 4) is 16.3 Å². The molecule has 3 rings (SSSR count). The predicted molar refractivity (Wildman–Crippen MR) is 87.7 cm³/mol. The van der Waals surface area contributed by atoms with Crippen LogP contribution in [0.3, 0.4) is 0 Å². The van der Waals surface area contributed by atoms with Crippen LogP contribution in [-0.4, -0.2) is 10.1 Å². The first-order chi connectivity index (χ1) is 10.2. The number of anilines is 1. The summed E-state index contributed by atoms with van der Waals surface area (Å²) in [6.45, 7) is 2.50. The molecule has 0 saturated carbocycles. The van der Waals surface area contributed by atoms with E-state index in [2.05, 4.69) is 16.4 Å². The number of hydrogen-bond donors (Lipinski definition) is 2. The van der Waals surface area contributed by atoms with E-state index in [-0.39, 0.29) is 0 Å². The van der Waals surface area contributed by atoms with Crippen LogP contribution in [0.25, 0.3) is 10.6 Å². The summed E-state index contributed by atoms with van der Waals surface area (Å²) in [5.74, 6) is 0.362. The van der Waals surface area contributed by atoms with Crippen LogP contribution in [0.2, 0.25) is 0 Å². The van der Waals surface area contributed by atoms with E-state index >= 15 is 0 Å². The fourth-order valence-electron chi connectivity index (χ4n) is 2.19. The zero-order chi connectivity index (χ0) is 14.7. The number of nitrogens with zero attached hydrogens (tertiary/aromatic N) is 1. The fraction of sp³-hybridized carbons (Fsp3) is 0.118. The Labute approximate surface area is 127 Å². The molecule has 4 heteroatoms. The third-order valence-electron chi connectivity index (χ3n) is 3.35. The number of nitrogens with one attached hydrogen (secondary N) is 1. The van der Waals surface area contributed by atoms with Crippen LogP contribution in [0.1, 0.15) is 11.1 Å². The molecule has 0 bridgehead atoms. The van der Waals surface area contributed by atoms with Crippen molar-refractivity contribution in [2.75, 3.05) is 5.32 Å². The standard InChI is InChI=1S/C17H16N2OS/c1-12-4-2-6-14(16(12)20)11-19-15-7-3-5-13(10-15)17-18-8-9-21-17/h2-10,19-20H,11H2,1H3. The molecular formula is C17H16N2OS. The van der Waals surface area contributed by atoms with E-state index in [4.69, 9.17) is 0 Å². The molecule has 1 heterocycles. The van der Waals surface area contributed by atoms with Crippen molar-refractivity contribution in [2.24, 2.45) is 0 Å². The molecule has 0 amide bonds. The molecular weight excluding hydrogens is 280 g/mol. The molecule has 3 nitrogen and oxygen atoms in total. The van der Waals surface area contributed by atoms with E-state index in [1.807, 2.05) is 54.9 Å². The Hall–Kier alpha value is -2.33. The summed E-state index contributed by atoms with van der Waals surface area (Å²) in [4.78, 5) is 4.32. The van der Waals surface area contributed by atoms with Gasteiger partial charge in [0.25, 0.3) is 0 Å². The summed E-state index contributed by atoms with van der Waals surface area (Å²) in [5.41, 5.74) is 3.91. The molecule has 0 atom stereocenters. The quantitative estimate of drug-likeness (QED) is 0.748. The van der Waals surface area contributed by atoms with Gasteiger partial charge in [0.15, 0.2) is 0 Å². The number of aryl methyl sites for hydroxylation is 1. The molecule has 21 heavy (non-hydrogen) atoms. The van der Waals surface area contributed by atoms with Crippen LogP contribution >= 0.6 is 11.3 Å². The second-order valence-corrected chi connectivity index (χ2v) is 5.75. The maximum Gasteiger partial charge on any atom is 0.123 e. The smallest absolute Gasteiger partial charge is 0.123 e. The summed E-state index contributed by atoms with van der Waals surface area (Å²) in [6.07, 6.45) is 1.81. The topological polar surface area (TPSA) is 45.2 Å². The van der Waals surface area contributed by atoms with Gasteiger partial charge in [-0.25, -0.2) is 4.98 Å². The number of benzene rings is 2. The lowest BCUT2D eigenvalue weighted by molar-refractivity contribution is 0.465. The molecule has 0 aliphatic rings. The normalized spacial score (nSPS) is 10.5. The first-order valence-electron chi connectivity index (χ1n) is 6.75. The average molecular weight is 296 g/mol. The molecule has 0 radical (unpaired) electrons. The van der Waals surface area contributed by atoms with Gasteiger partial charge in [0.05, 0.1) is 0 Å². The summed E-state index contributed by atoms with van der Waals surface area (Å²) < 4.78 is 0. The number of aromatic nitrogens is 1. The fourth-order valence-corrected chi connectivity index (χ4v) is 2.82. The molecule has 1 aromatic heterocycles. The Bertz CT molecular complexity index is 738. The van der Waals surface area contributed by atoms with E-state index < -0.39 is 0 Å². The van der Waals surface area contributed by atoms with Crippen LogP contribution in [0, 0.1) is 6.92 Å². The SMILES string of the molecule is Cc1cccc(CNc2cccc(-c3nccs3)c2)c1O. The van der Waals surface area contributed by atoms with Crippen LogP contribution < -0.4 is 5.32 Å². The molecule has 2 aromatic carbocycles. The number of para-hydroxylation sites is 1. The number of thiazole rings is 1. The molecule has 0 spiro atoms. The summed E-state index contributed by atoms with van der Waals surface area (Å²) >= 11 is 1.62. The van der Waals surface area contributed by atoms with Crippen molar-refractivity contribution in [3.63, 3.8) is 0 Å². The van der Waals surface area contributed by atoms with Crippen molar-refractivity contribution in [2.45, 2.75) is 13.5 Å². The minimum atomic E-state index is 0.362. The lowest BCUT2D eigenvalue weighted by Gasteiger charge is -2.10. The summed E-state index contributed by atoms with van der Waals surface area (Å²) in [6, 6.07) is 13.9. The minimum Gasteiger partial charge on any atom is -0.507 e. The van der Waals surface area contributed by atoms with Crippen LogP contribution in [0.5, 0.6) is 5.75 Å². The van der Waals surface area contributed by atoms with Gasteiger partial charge < -0.3 is 10.4 Å². The zero-order valence-corrected chi connectivity index (χ0v) is 12.5. The van der Waals surface area contributed by atoms with Crippen molar-refractivity contribution in [1.29, 1.82) is 0 Å². The van der Waals surface area contributed by atoms with Gasteiger partial charge in [-0.2, -0.15) is 0 Å². The monoisotopic (exact) mass is 296 g/mol. The van der Waals surface area contributed by atoms with Gasteiger partial charge in [-0.15, -0.1) is 11.3 Å². The average Bonchev–Trinajstić information content (AvgIpc) is 3.03. The highest BCUT2D eigenvalue weighted by Crippen LogP contribution is 2.26. The maximum atomic E-state index is 10.0. The predicted octanol–water partition coefficient (Wildman–Crippen LogP) is 4.44. The number of phenolic OH excluding ortho intramolecular Hbond substituents is 1. The van der Waals surface area contributed by atoms with E-state index in [1.165, 1.54) is 0 Å². The Balaban J connectivity index is 1.77. The first kappa shape index (κ1) is 13.6. The van der Waals surface area contributed by atoms with E-state index in [0.717, 1.165) is 27.4 Å². The van der Waals surface area contributed by atoms with Gasteiger partial charge >= 0.3 is 0 Å². The van der Waals surface area contributed by atoms with Gasteiger partial charge in [0, 0.05) is 34.9 Å². The lowest BCUT2D eigenvalue weighted by Crippen LogP contribution is -2.00. The summed E-state index contributed by atoms with van der Waals surface area (Å²) in [7, 11) is 0. The molecule has 0 aliphatic heterocycles. The lowest BCUT2D eigenvalue weighted by atomic mass is 10.1. The van der Waals surface area contributed by atoms with Crippen molar-refractivity contribution in [3.05, 3.63) is 65.2 Å². The Morgan fingerprint density at radius 1 is 1.19 bits per heavy atom. The Morgan fingerprint density at radius 2 is 2.05 bits per heavy atom. The zero-order valence-electron chi connectivity index (χ0n) is 11.7. The Morgan fingerprint density at radius 3 is 2.86 bits per heavy atom. The van der Waals surface area contributed by atoms with E-state index in [0.29, 0.717) is 12.3 Å². The third kappa shape index (κ3) is 3.06. The molecule has 0 fully saturated rings. The van der Waals surface area contributed by atoms with Crippen LogP contribution in [-0.2, 0) is 6.54 Å². The number of aromatic hydroxyl groups is 1. The third-order valence-corrected chi connectivity index (χ3v) is 4.17. The van der Waals surface area contributed by atoms with Gasteiger partial charge in [-0.1, -0.05) is 30.3 Å². The van der Waals surface area contributed by atoms with Gasteiger partial charge in [-0.3, -0.25) is 0 Å². The van der Waals surface area contributed by atoms with Gasteiger partial charge in [-0.05, 0) is 24.6 Å². The first-order valence-corrected chi connectivity index (χ1v) is 7.63. The largest absolute Gasteiger partial charge is 0.507 e. The number of hydrogen-bond acceptors (Lipinski definition) is 4. The van der Waals surface area contributed by atoms with Crippen molar-refractivity contribution >= 4 is 17.0 Å². The van der Waals surface area contributed by atoms with E-state index in [9.17, 15) is 5.11 Å². The van der Waals surface area contributed by atoms with Gasteiger partial charge in [0.1, 0.15) is 10.8 Å². The summed E-state index contributed by atoms with van der Waals surface area (Å²) in [5, 5.41) is 16.4. The highest BCUT2D eigenvalue weighted by atomic mass is 32.1. The second kappa shape index (κ2) is 5.97. The highest BCUT2D eigenvalue weighted by molar-refractivity contribution is 7.13. The highest BCUT2D eigenvalue weighted by Gasteiger charge is 2.05. The Kier molecular flexibility index (Phi) is 3.88. The number of rotatable bonds is 4. The second-order valence-electron chi connectivity index (χ2n) is 4.85. The van der Waals surface area contributed by atoms with E-state index in [1.54, 1.807) is 11.3 Å². The molecule has 3 aromatic rings. The van der Waals surface area contributed by atoms with Crippen LogP contribution in [0.4, 0.5) is 5.69 Å².